The number of benzene rings is 1. The van der Waals surface area contributed by atoms with Crippen LogP contribution in [0.3, 0.4) is 0 Å². The molecular weight excluding hydrogens is 410 g/mol. The van der Waals surface area contributed by atoms with Gasteiger partial charge in [-0.2, -0.15) is 4.31 Å². The second-order valence-electron chi connectivity index (χ2n) is 5.78. The fourth-order valence-corrected chi connectivity index (χ4v) is 3.95. The fourth-order valence-electron chi connectivity index (χ4n) is 2.51. The molecule has 0 radical (unpaired) electrons. The van der Waals surface area contributed by atoms with E-state index in [-0.39, 0.29) is 43.5 Å². The maximum Gasteiger partial charge on any atom is 0.243 e. The smallest absolute Gasteiger partial charge is 0.243 e. The summed E-state index contributed by atoms with van der Waals surface area (Å²) < 4.78 is 32.2. The lowest BCUT2D eigenvalue weighted by atomic mass is 10.2. The number of carbonyl (C=O) groups is 2. The van der Waals surface area contributed by atoms with Crippen LogP contribution in [0.1, 0.15) is 6.92 Å². The van der Waals surface area contributed by atoms with Crippen molar-refractivity contribution in [2.75, 3.05) is 56.6 Å². The van der Waals surface area contributed by atoms with E-state index in [4.69, 9.17) is 10.5 Å². The van der Waals surface area contributed by atoms with Gasteiger partial charge in [-0.05, 0) is 25.1 Å². The van der Waals surface area contributed by atoms with E-state index in [1.54, 1.807) is 6.07 Å². The zero-order chi connectivity index (χ0) is 19.9. The number of ether oxygens (including phenoxy) is 1. The lowest BCUT2D eigenvalue weighted by molar-refractivity contribution is -0.123. The minimum absolute atomic E-state index is 0. The van der Waals surface area contributed by atoms with Crippen molar-refractivity contribution >= 4 is 45.6 Å². The van der Waals surface area contributed by atoms with E-state index in [0.717, 1.165) is 0 Å². The van der Waals surface area contributed by atoms with E-state index in [0.29, 0.717) is 31.1 Å². The van der Waals surface area contributed by atoms with Crippen LogP contribution < -0.4 is 21.7 Å². The highest BCUT2D eigenvalue weighted by Crippen LogP contribution is 2.27. The highest BCUT2D eigenvalue weighted by Gasteiger charge is 2.27. The maximum absolute atomic E-state index is 12.8. The number of carbonyl (C=O) groups excluding carboxylic acids is 2. The van der Waals surface area contributed by atoms with Gasteiger partial charge in [-0.15, -0.1) is 12.4 Å². The van der Waals surface area contributed by atoms with Crippen LogP contribution in [0.5, 0.6) is 0 Å². The van der Waals surface area contributed by atoms with Crippen molar-refractivity contribution in [3.05, 3.63) is 18.2 Å². The number of nitrogens with one attached hydrogen (secondary N) is 3. The summed E-state index contributed by atoms with van der Waals surface area (Å²) in [5, 5.41) is 8.05. The Balaban J connectivity index is 0.00000392. The molecule has 10 nitrogen and oxygen atoms in total. The van der Waals surface area contributed by atoms with Crippen LogP contribution in [0, 0.1) is 0 Å². The van der Waals surface area contributed by atoms with Crippen molar-refractivity contribution in [3.63, 3.8) is 0 Å². The Morgan fingerprint density at radius 3 is 2.46 bits per heavy atom. The lowest BCUT2D eigenvalue weighted by Gasteiger charge is -2.26. The van der Waals surface area contributed by atoms with E-state index < -0.39 is 21.8 Å². The number of morpholine rings is 1. The molecule has 0 aliphatic carbocycles. The van der Waals surface area contributed by atoms with Crippen LogP contribution in [0.25, 0.3) is 0 Å². The van der Waals surface area contributed by atoms with Gasteiger partial charge in [0.2, 0.25) is 21.8 Å². The molecule has 158 valence electrons. The molecular formula is C16H26ClN5O5S. The van der Waals surface area contributed by atoms with Crippen LogP contribution >= 0.6 is 12.4 Å². The number of hydrogen-bond acceptors (Lipinski definition) is 7. The number of nitrogens with two attached hydrogens (primary N) is 1. The summed E-state index contributed by atoms with van der Waals surface area (Å²) in [5.74, 6) is -0.947. The van der Waals surface area contributed by atoms with Crippen LogP contribution in [-0.4, -0.2) is 70.5 Å². The molecule has 1 aliphatic heterocycles. The maximum atomic E-state index is 12.8. The molecule has 12 heteroatoms. The number of nitrogens with zero attached hydrogens (tertiary/aromatic N) is 1. The van der Waals surface area contributed by atoms with Gasteiger partial charge in [0.05, 0.1) is 42.6 Å². The summed E-state index contributed by atoms with van der Waals surface area (Å²) in [7, 11) is -3.69. The van der Waals surface area contributed by atoms with E-state index in [9.17, 15) is 18.0 Å². The van der Waals surface area contributed by atoms with Gasteiger partial charge in [0, 0.05) is 19.6 Å². The predicted octanol–water partition coefficient (Wildman–Crippen LogP) is -0.425. The molecule has 1 aromatic carbocycles. The number of sulfonamides is 1. The first kappa shape index (κ1) is 24.1. The fraction of sp³-hybridized carbons (Fsp3) is 0.500. The zero-order valence-electron chi connectivity index (χ0n) is 15.6. The van der Waals surface area contributed by atoms with Gasteiger partial charge in [0.15, 0.2) is 0 Å². The summed E-state index contributed by atoms with van der Waals surface area (Å²) in [5.41, 5.74) is 6.08. The average molecular weight is 436 g/mol. The topological polar surface area (TPSA) is 143 Å². The Kier molecular flexibility index (Phi) is 9.62. The first-order valence-corrected chi connectivity index (χ1v) is 10.0. The zero-order valence-corrected chi connectivity index (χ0v) is 17.2. The summed E-state index contributed by atoms with van der Waals surface area (Å²) in [4.78, 5) is 23.3. The number of halogens is 1. The standard InChI is InChI=1S/C16H25N5O5S.ClH/c1-2-18-13-4-3-12(27(24,25)21-5-7-26-8-6-21)9-14(13)20-16(23)11-19-15(22)10-17;/h3-4,9,18H,2,5-8,10-11,17H2,1H3,(H,19,22)(H,20,23);1H. The van der Waals surface area contributed by atoms with Gasteiger partial charge in [0.25, 0.3) is 0 Å². The highest BCUT2D eigenvalue weighted by atomic mass is 35.5. The molecule has 0 atom stereocenters. The monoisotopic (exact) mass is 435 g/mol. The van der Waals surface area contributed by atoms with Crippen molar-refractivity contribution in [1.29, 1.82) is 0 Å². The van der Waals surface area contributed by atoms with Gasteiger partial charge in [-0.1, -0.05) is 0 Å². The van der Waals surface area contributed by atoms with Crippen molar-refractivity contribution in [2.24, 2.45) is 5.73 Å². The molecule has 0 unspecified atom stereocenters. The summed E-state index contributed by atoms with van der Waals surface area (Å²) in [6, 6.07) is 4.50. The van der Waals surface area contributed by atoms with Crippen LogP contribution in [-0.2, 0) is 24.3 Å². The van der Waals surface area contributed by atoms with Crippen molar-refractivity contribution < 1.29 is 22.7 Å². The summed E-state index contributed by atoms with van der Waals surface area (Å²) in [6.45, 7) is 3.24. The minimum Gasteiger partial charge on any atom is -0.384 e. The number of amides is 2. The molecule has 1 fully saturated rings. The third kappa shape index (κ3) is 6.31. The van der Waals surface area contributed by atoms with Crippen molar-refractivity contribution in [3.8, 4) is 0 Å². The van der Waals surface area contributed by atoms with E-state index >= 15 is 0 Å². The summed E-state index contributed by atoms with van der Waals surface area (Å²) >= 11 is 0. The second-order valence-corrected chi connectivity index (χ2v) is 7.72. The minimum atomic E-state index is -3.69. The third-order valence-electron chi connectivity index (χ3n) is 3.87. The largest absolute Gasteiger partial charge is 0.384 e. The van der Waals surface area contributed by atoms with E-state index in [2.05, 4.69) is 16.0 Å². The molecule has 0 aromatic heterocycles. The van der Waals surface area contributed by atoms with Crippen LogP contribution in [0.15, 0.2) is 23.1 Å². The SMILES string of the molecule is CCNc1ccc(S(=O)(=O)N2CCOCC2)cc1NC(=O)CNC(=O)CN.Cl. The van der Waals surface area contributed by atoms with Gasteiger partial charge in [-0.3, -0.25) is 9.59 Å². The highest BCUT2D eigenvalue weighted by molar-refractivity contribution is 7.89. The number of rotatable bonds is 8. The van der Waals surface area contributed by atoms with Gasteiger partial charge in [-0.25, -0.2) is 8.42 Å². The van der Waals surface area contributed by atoms with Crippen molar-refractivity contribution in [2.45, 2.75) is 11.8 Å². The Morgan fingerprint density at radius 1 is 1.18 bits per heavy atom. The average Bonchev–Trinajstić information content (AvgIpc) is 2.68. The molecule has 0 bridgehead atoms. The number of hydrogen-bond donors (Lipinski definition) is 4. The van der Waals surface area contributed by atoms with Crippen LogP contribution in [0.2, 0.25) is 0 Å². The van der Waals surface area contributed by atoms with Gasteiger partial charge in [0.1, 0.15) is 0 Å². The van der Waals surface area contributed by atoms with Gasteiger partial charge >= 0.3 is 0 Å². The van der Waals surface area contributed by atoms with E-state index in [1.165, 1.54) is 16.4 Å². The number of anilines is 2. The Morgan fingerprint density at radius 2 is 1.86 bits per heavy atom. The van der Waals surface area contributed by atoms with E-state index in [1.807, 2.05) is 6.92 Å². The Hall–Kier alpha value is -1.92. The molecule has 1 aliphatic rings. The lowest BCUT2D eigenvalue weighted by Crippen LogP contribution is -2.40. The molecule has 2 amide bonds. The first-order chi connectivity index (χ1) is 12.9. The first-order valence-electron chi connectivity index (χ1n) is 8.61. The normalized spacial score (nSPS) is 14.6. The van der Waals surface area contributed by atoms with Crippen molar-refractivity contribution in [1.82, 2.24) is 9.62 Å². The molecule has 1 heterocycles. The molecule has 1 aromatic rings. The third-order valence-corrected chi connectivity index (χ3v) is 5.77. The molecule has 0 spiro atoms. The molecule has 5 N–H and O–H groups in total. The van der Waals surface area contributed by atoms with Crippen LogP contribution in [0.4, 0.5) is 11.4 Å². The Labute approximate surface area is 170 Å². The van der Waals surface area contributed by atoms with Gasteiger partial charge < -0.3 is 26.4 Å². The quantitative estimate of drug-likeness (QED) is 0.434. The second kappa shape index (κ2) is 11.2. The molecule has 2 rings (SSSR count). The molecule has 28 heavy (non-hydrogen) atoms. The summed E-state index contributed by atoms with van der Waals surface area (Å²) in [6.07, 6.45) is 0. The molecule has 0 saturated carbocycles. The Bertz CT molecular complexity index is 784. The predicted molar refractivity (Wildman–Crippen MR) is 108 cm³/mol. The molecule has 1 saturated heterocycles.